The van der Waals surface area contributed by atoms with Crippen LogP contribution in [-0.4, -0.2) is 30.4 Å². The van der Waals surface area contributed by atoms with E-state index >= 15 is 0 Å². The van der Waals surface area contributed by atoms with Gasteiger partial charge in [0.05, 0.1) is 0 Å². The summed E-state index contributed by atoms with van der Waals surface area (Å²) in [5.41, 5.74) is 4.25. The van der Waals surface area contributed by atoms with Crippen LogP contribution in [0.1, 0.15) is 41.9 Å². The molecule has 1 atom stereocenters. The highest BCUT2D eigenvalue weighted by Gasteiger charge is 2.28. The van der Waals surface area contributed by atoms with Crippen LogP contribution in [0.5, 0.6) is 0 Å². The predicted molar refractivity (Wildman–Crippen MR) is 105 cm³/mol. The molecule has 0 aromatic heterocycles. The number of aryl methyl sites for hydroxylation is 1. The second-order valence-electron chi connectivity index (χ2n) is 7.71. The third kappa shape index (κ3) is 3.99. The summed E-state index contributed by atoms with van der Waals surface area (Å²) in [5.74, 6) is 1.07. The van der Waals surface area contributed by atoms with Crippen LogP contribution in [0, 0.1) is 5.92 Å². The molecule has 4 rings (SSSR count). The molecule has 0 saturated carbocycles. The lowest BCUT2D eigenvalue weighted by atomic mass is 9.94. The average Bonchev–Trinajstić information content (AvgIpc) is 3.10. The van der Waals surface area contributed by atoms with Gasteiger partial charge in [-0.05, 0) is 61.4 Å². The molecule has 0 radical (unpaired) electrons. The molecule has 136 valence electrons. The van der Waals surface area contributed by atoms with Gasteiger partial charge in [-0.25, -0.2) is 0 Å². The van der Waals surface area contributed by atoms with E-state index in [0.717, 1.165) is 38.0 Å². The maximum atomic E-state index is 12.5. The number of fused-ring (bicyclic) bond motifs is 1. The minimum Gasteiger partial charge on any atom is -0.352 e. The number of rotatable bonds is 5. The molecule has 26 heavy (non-hydrogen) atoms. The molecule has 1 aliphatic heterocycles. The zero-order valence-electron chi connectivity index (χ0n) is 15.4. The summed E-state index contributed by atoms with van der Waals surface area (Å²) in [5, 5.41) is 3.11. The average molecular weight is 348 g/mol. The van der Waals surface area contributed by atoms with Crippen LogP contribution < -0.4 is 5.32 Å². The van der Waals surface area contributed by atoms with Gasteiger partial charge in [-0.1, -0.05) is 54.6 Å². The third-order valence-corrected chi connectivity index (χ3v) is 6.00. The highest BCUT2D eigenvalue weighted by molar-refractivity contribution is 5.78. The monoisotopic (exact) mass is 348 g/mol. The Hall–Kier alpha value is -2.13. The fourth-order valence-corrected chi connectivity index (χ4v) is 4.45. The standard InChI is InChI=1S/C23H28N2O/c26-23(24-16-18-6-2-1-3-7-18)20-12-14-25(15-13-20)17-21-11-10-19-8-4-5-9-22(19)21/h1-9,20-21H,10-17H2,(H,24,26)/t21-/m0/s1. The van der Waals surface area contributed by atoms with Crippen molar-refractivity contribution in [2.24, 2.45) is 5.92 Å². The second-order valence-corrected chi connectivity index (χ2v) is 7.71. The maximum Gasteiger partial charge on any atom is 0.223 e. The van der Waals surface area contributed by atoms with Crippen molar-refractivity contribution in [3.05, 3.63) is 71.3 Å². The van der Waals surface area contributed by atoms with Crippen molar-refractivity contribution in [2.75, 3.05) is 19.6 Å². The Morgan fingerprint density at radius 1 is 0.962 bits per heavy atom. The third-order valence-electron chi connectivity index (χ3n) is 6.00. The number of carbonyl (C=O) groups excluding carboxylic acids is 1. The van der Waals surface area contributed by atoms with Gasteiger partial charge < -0.3 is 10.2 Å². The topological polar surface area (TPSA) is 32.3 Å². The summed E-state index contributed by atoms with van der Waals surface area (Å²) in [6, 6.07) is 19.0. The number of nitrogens with one attached hydrogen (secondary N) is 1. The molecule has 3 nitrogen and oxygen atoms in total. The Kier molecular flexibility index (Phi) is 5.35. The Morgan fingerprint density at radius 3 is 2.50 bits per heavy atom. The van der Waals surface area contributed by atoms with Crippen molar-refractivity contribution in [3.8, 4) is 0 Å². The molecule has 1 heterocycles. The minimum atomic E-state index is 0.172. The van der Waals surface area contributed by atoms with Crippen LogP contribution >= 0.6 is 0 Å². The van der Waals surface area contributed by atoms with E-state index in [9.17, 15) is 4.79 Å². The molecule has 0 bridgehead atoms. The molecule has 1 aliphatic carbocycles. The zero-order chi connectivity index (χ0) is 17.8. The van der Waals surface area contributed by atoms with E-state index in [4.69, 9.17) is 0 Å². The van der Waals surface area contributed by atoms with E-state index in [0.29, 0.717) is 12.5 Å². The molecular formula is C23H28N2O. The largest absolute Gasteiger partial charge is 0.352 e. The van der Waals surface area contributed by atoms with E-state index in [1.54, 1.807) is 5.56 Å². The van der Waals surface area contributed by atoms with Gasteiger partial charge in [-0.3, -0.25) is 4.79 Å². The van der Waals surface area contributed by atoms with Gasteiger partial charge in [0, 0.05) is 19.0 Å². The normalized spacial score (nSPS) is 20.7. The molecule has 2 aliphatic rings. The van der Waals surface area contributed by atoms with Crippen molar-refractivity contribution in [2.45, 2.75) is 38.1 Å². The smallest absolute Gasteiger partial charge is 0.223 e. The highest BCUT2D eigenvalue weighted by Crippen LogP contribution is 2.34. The lowest BCUT2D eigenvalue weighted by Gasteiger charge is -2.33. The summed E-state index contributed by atoms with van der Waals surface area (Å²) in [4.78, 5) is 15.0. The van der Waals surface area contributed by atoms with Crippen LogP contribution in [0.3, 0.4) is 0 Å². The summed E-state index contributed by atoms with van der Waals surface area (Å²) >= 11 is 0. The number of likely N-dealkylation sites (tertiary alicyclic amines) is 1. The molecule has 0 spiro atoms. The van der Waals surface area contributed by atoms with E-state index in [2.05, 4.69) is 46.6 Å². The fraction of sp³-hybridized carbons (Fsp3) is 0.435. The number of hydrogen-bond donors (Lipinski definition) is 1. The molecule has 1 amide bonds. The molecule has 2 aromatic rings. The predicted octanol–water partition coefficient (Wildman–Crippen LogP) is 3.74. The first-order valence-electron chi connectivity index (χ1n) is 9.91. The molecular weight excluding hydrogens is 320 g/mol. The number of nitrogens with zero attached hydrogens (tertiary/aromatic N) is 1. The lowest BCUT2D eigenvalue weighted by molar-refractivity contribution is -0.126. The molecule has 1 fully saturated rings. The molecule has 1 saturated heterocycles. The van der Waals surface area contributed by atoms with Gasteiger partial charge in [0.1, 0.15) is 0 Å². The van der Waals surface area contributed by atoms with Crippen molar-refractivity contribution >= 4 is 5.91 Å². The SMILES string of the molecule is O=C(NCc1ccccc1)C1CCN(C[C@@H]2CCc3ccccc32)CC1. The Morgan fingerprint density at radius 2 is 1.69 bits per heavy atom. The van der Waals surface area contributed by atoms with Gasteiger partial charge in [0.25, 0.3) is 0 Å². The van der Waals surface area contributed by atoms with Crippen LogP contribution in [-0.2, 0) is 17.8 Å². The molecule has 3 heteroatoms. The van der Waals surface area contributed by atoms with Gasteiger partial charge in [0.2, 0.25) is 5.91 Å². The number of hydrogen-bond acceptors (Lipinski definition) is 2. The Bertz CT molecular complexity index is 735. The Balaban J connectivity index is 1.23. The molecule has 0 unspecified atom stereocenters. The van der Waals surface area contributed by atoms with Crippen molar-refractivity contribution in [1.82, 2.24) is 10.2 Å². The van der Waals surface area contributed by atoms with Crippen LogP contribution in [0.4, 0.5) is 0 Å². The quantitative estimate of drug-likeness (QED) is 0.893. The maximum absolute atomic E-state index is 12.5. The first-order valence-corrected chi connectivity index (χ1v) is 9.91. The summed E-state index contributed by atoms with van der Waals surface area (Å²) in [6.07, 6.45) is 4.46. The Labute approximate surface area is 156 Å². The van der Waals surface area contributed by atoms with Crippen molar-refractivity contribution < 1.29 is 4.79 Å². The summed E-state index contributed by atoms with van der Waals surface area (Å²) < 4.78 is 0. The van der Waals surface area contributed by atoms with Gasteiger partial charge in [-0.15, -0.1) is 0 Å². The highest BCUT2D eigenvalue weighted by atomic mass is 16.1. The van der Waals surface area contributed by atoms with E-state index in [1.165, 1.54) is 18.4 Å². The van der Waals surface area contributed by atoms with Gasteiger partial charge in [0.15, 0.2) is 0 Å². The molecule has 1 N–H and O–H groups in total. The van der Waals surface area contributed by atoms with E-state index in [1.807, 2.05) is 18.2 Å². The number of amides is 1. The minimum absolute atomic E-state index is 0.172. The second kappa shape index (κ2) is 8.05. The lowest BCUT2D eigenvalue weighted by Crippen LogP contribution is -2.41. The van der Waals surface area contributed by atoms with E-state index in [-0.39, 0.29) is 11.8 Å². The summed E-state index contributed by atoms with van der Waals surface area (Å²) in [6.45, 7) is 3.87. The van der Waals surface area contributed by atoms with Crippen LogP contribution in [0.15, 0.2) is 54.6 Å². The zero-order valence-corrected chi connectivity index (χ0v) is 15.4. The van der Waals surface area contributed by atoms with Gasteiger partial charge >= 0.3 is 0 Å². The van der Waals surface area contributed by atoms with Crippen LogP contribution in [0.2, 0.25) is 0 Å². The molecule has 2 aromatic carbocycles. The van der Waals surface area contributed by atoms with Crippen molar-refractivity contribution in [1.29, 1.82) is 0 Å². The van der Waals surface area contributed by atoms with Crippen LogP contribution in [0.25, 0.3) is 0 Å². The number of benzene rings is 2. The summed E-state index contributed by atoms with van der Waals surface area (Å²) in [7, 11) is 0. The first-order chi connectivity index (χ1) is 12.8. The number of piperidine rings is 1. The first kappa shape index (κ1) is 17.3. The number of carbonyl (C=O) groups is 1. The fourth-order valence-electron chi connectivity index (χ4n) is 4.45. The van der Waals surface area contributed by atoms with Gasteiger partial charge in [-0.2, -0.15) is 0 Å². The van der Waals surface area contributed by atoms with E-state index < -0.39 is 0 Å². The van der Waals surface area contributed by atoms with Crippen molar-refractivity contribution in [3.63, 3.8) is 0 Å².